The summed E-state index contributed by atoms with van der Waals surface area (Å²) in [5, 5.41) is 49.5. The van der Waals surface area contributed by atoms with Crippen LogP contribution in [0.3, 0.4) is 0 Å². The minimum absolute atomic E-state index is 0.197. The van der Waals surface area contributed by atoms with Crippen LogP contribution in [0.15, 0.2) is 0 Å². The van der Waals surface area contributed by atoms with Gasteiger partial charge in [0.25, 0.3) is 0 Å². The molecule has 0 radical (unpaired) electrons. The molecule has 1 aliphatic carbocycles. The van der Waals surface area contributed by atoms with Gasteiger partial charge in [0.05, 0.1) is 32.5 Å². The lowest BCUT2D eigenvalue weighted by Gasteiger charge is -2.52. The number of hydrogen-bond donors (Lipinski definition) is 5. The van der Waals surface area contributed by atoms with Crippen molar-refractivity contribution in [3.05, 3.63) is 0 Å². The lowest BCUT2D eigenvalue weighted by atomic mass is 9.56. The molecule has 5 nitrogen and oxygen atoms in total. The molecular weight excluding hydrogens is 296 g/mol. The van der Waals surface area contributed by atoms with Crippen molar-refractivity contribution in [3.63, 3.8) is 0 Å². The molecule has 1 saturated carbocycles. The largest absolute Gasteiger partial charge is 0.396 e. The molecule has 0 aromatic heterocycles. The van der Waals surface area contributed by atoms with Crippen LogP contribution in [-0.2, 0) is 0 Å². The van der Waals surface area contributed by atoms with Crippen molar-refractivity contribution < 1.29 is 25.5 Å². The van der Waals surface area contributed by atoms with Gasteiger partial charge in [-0.2, -0.15) is 0 Å². The third-order valence-corrected chi connectivity index (χ3v) is 5.78. The fraction of sp³-hybridized carbons (Fsp3) is 1.00. The molecule has 1 rings (SSSR count). The summed E-state index contributed by atoms with van der Waals surface area (Å²) < 4.78 is 0. The van der Waals surface area contributed by atoms with Crippen LogP contribution < -0.4 is 0 Å². The van der Waals surface area contributed by atoms with E-state index in [2.05, 4.69) is 6.92 Å². The Hall–Kier alpha value is -0.200. The third-order valence-electron chi connectivity index (χ3n) is 5.78. The van der Waals surface area contributed by atoms with Crippen LogP contribution in [0.2, 0.25) is 0 Å². The summed E-state index contributed by atoms with van der Waals surface area (Å²) in [5.74, 6) is 0.197. The van der Waals surface area contributed by atoms with E-state index in [1.54, 1.807) is 0 Å². The Labute approximate surface area is 140 Å². The number of hydrogen-bond acceptors (Lipinski definition) is 5. The molecule has 5 heteroatoms. The Morgan fingerprint density at radius 2 is 1.17 bits per heavy atom. The van der Waals surface area contributed by atoms with Crippen molar-refractivity contribution in [2.24, 2.45) is 16.7 Å². The molecule has 0 aromatic rings. The standard InChI is InChI=1S/C18H36O5/c1-2-3-4-5-6-7-8-15-9-17(11-19,12-20)16(23)18(10-15,13-21)14-22/h15-16,19-23H,2-14H2,1H3. The zero-order valence-corrected chi connectivity index (χ0v) is 14.6. The summed E-state index contributed by atoms with van der Waals surface area (Å²) in [5.41, 5.74) is -2.06. The Balaban J connectivity index is 2.66. The molecule has 0 spiro atoms. The molecule has 1 fully saturated rings. The van der Waals surface area contributed by atoms with Crippen molar-refractivity contribution >= 4 is 0 Å². The quantitative estimate of drug-likeness (QED) is 0.369. The zero-order chi connectivity index (χ0) is 17.3. The summed E-state index contributed by atoms with van der Waals surface area (Å²) >= 11 is 0. The molecular formula is C18H36O5. The minimum atomic E-state index is -1.10. The van der Waals surface area contributed by atoms with Gasteiger partial charge in [-0.1, -0.05) is 51.9 Å². The minimum Gasteiger partial charge on any atom is -0.396 e. The molecule has 5 N–H and O–H groups in total. The maximum Gasteiger partial charge on any atom is 0.0740 e. The summed E-state index contributed by atoms with van der Waals surface area (Å²) in [7, 11) is 0. The van der Waals surface area contributed by atoms with Gasteiger partial charge < -0.3 is 25.5 Å². The highest BCUT2D eigenvalue weighted by atomic mass is 16.3. The van der Waals surface area contributed by atoms with E-state index in [0.29, 0.717) is 12.8 Å². The average molecular weight is 332 g/mol. The Bertz CT molecular complexity index is 291. The first-order valence-electron chi connectivity index (χ1n) is 9.15. The van der Waals surface area contributed by atoms with Gasteiger partial charge in [0.15, 0.2) is 0 Å². The zero-order valence-electron chi connectivity index (χ0n) is 14.6. The molecule has 0 heterocycles. The summed E-state index contributed by atoms with van der Waals surface area (Å²) in [6.07, 6.45) is 8.14. The number of rotatable bonds is 11. The van der Waals surface area contributed by atoms with E-state index >= 15 is 0 Å². The van der Waals surface area contributed by atoms with Gasteiger partial charge >= 0.3 is 0 Å². The van der Waals surface area contributed by atoms with Crippen molar-refractivity contribution in [2.75, 3.05) is 26.4 Å². The number of unbranched alkanes of at least 4 members (excludes halogenated alkanes) is 5. The van der Waals surface area contributed by atoms with Gasteiger partial charge in [-0.3, -0.25) is 0 Å². The molecule has 0 unspecified atom stereocenters. The Kier molecular flexibility index (Phi) is 9.01. The smallest absolute Gasteiger partial charge is 0.0740 e. The van der Waals surface area contributed by atoms with Gasteiger partial charge in [0.2, 0.25) is 0 Å². The predicted molar refractivity (Wildman–Crippen MR) is 89.9 cm³/mol. The lowest BCUT2D eigenvalue weighted by Crippen LogP contribution is -2.59. The van der Waals surface area contributed by atoms with Gasteiger partial charge in [-0.05, 0) is 18.8 Å². The topological polar surface area (TPSA) is 101 Å². The van der Waals surface area contributed by atoms with Crippen LogP contribution in [0, 0.1) is 16.7 Å². The van der Waals surface area contributed by atoms with Crippen molar-refractivity contribution in [3.8, 4) is 0 Å². The highest BCUT2D eigenvalue weighted by Gasteiger charge is 2.55. The summed E-state index contributed by atoms with van der Waals surface area (Å²) in [6.45, 7) is 0.859. The van der Waals surface area contributed by atoms with Crippen molar-refractivity contribution in [1.82, 2.24) is 0 Å². The van der Waals surface area contributed by atoms with E-state index in [-0.39, 0.29) is 32.3 Å². The molecule has 0 amide bonds. The lowest BCUT2D eigenvalue weighted by molar-refractivity contribution is -0.188. The van der Waals surface area contributed by atoms with E-state index in [0.717, 1.165) is 19.3 Å². The van der Waals surface area contributed by atoms with E-state index in [4.69, 9.17) is 0 Å². The Morgan fingerprint density at radius 3 is 1.61 bits per heavy atom. The normalized spacial score (nSPS) is 26.3. The van der Waals surface area contributed by atoms with Crippen LogP contribution in [0.5, 0.6) is 0 Å². The molecule has 1 aliphatic rings. The van der Waals surface area contributed by atoms with Crippen LogP contribution in [0.4, 0.5) is 0 Å². The second-order valence-electron chi connectivity index (χ2n) is 7.59. The van der Waals surface area contributed by atoms with Gasteiger partial charge in [-0.15, -0.1) is 0 Å². The van der Waals surface area contributed by atoms with E-state index < -0.39 is 16.9 Å². The monoisotopic (exact) mass is 332 g/mol. The first kappa shape index (κ1) is 20.8. The SMILES string of the molecule is CCCCCCCCC1CC(CO)(CO)C(O)C(CO)(CO)C1. The number of aliphatic hydroxyl groups is 5. The highest BCUT2D eigenvalue weighted by molar-refractivity contribution is 5.03. The van der Waals surface area contributed by atoms with Crippen molar-refractivity contribution in [1.29, 1.82) is 0 Å². The summed E-state index contributed by atoms with van der Waals surface area (Å²) in [4.78, 5) is 0. The van der Waals surface area contributed by atoms with Crippen LogP contribution in [-0.4, -0.2) is 58.1 Å². The molecule has 138 valence electrons. The maximum absolute atomic E-state index is 10.6. The average Bonchev–Trinajstić information content (AvgIpc) is 2.59. The van der Waals surface area contributed by atoms with E-state index in [1.807, 2.05) is 0 Å². The molecule has 0 aromatic carbocycles. The molecule has 23 heavy (non-hydrogen) atoms. The second kappa shape index (κ2) is 9.94. The van der Waals surface area contributed by atoms with Gasteiger partial charge in [0.1, 0.15) is 0 Å². The van der Waals surface area contributed by atoms with Crippen LogP contribution in [0.1, 0.15) is 64.7 Å². The highest BCUT2D eigenvalue weighted by Crippen LogP contribution is 2.50. The maximum atomic E-state index is 10.6. The first-order chi connectivity index (χ1) is 11.0. The summed E-state index contributed by atoms with van der Waals surface area (Å²) in [6, 6.07) is 0. The third kappa shape index (κ3) is 4.89. The molecule has 0 saturated heterocycles. The van der Waals surface area contributed by atoms with E-state index in [9.17, 15) is 25.5 Å². The van der Waals surface area contributed by atoms with E-state index in [1.165, 1.54) is 25.7 Å². The van der Waals surface area contributed by atoms with Crippen molar-refractivity contribution in [2.45, 2.75) is 70.8 Å². The molecule has 0 atom stereocenters. The Morgan fingerprint density at radius 1 is 0.739 bits per heavy atom. The van der Waals surface area contributed by atoms with Gasteiger partial charge in [0, 0.05) is 10.8 Å². The second-order valence-corrected chi connectivity index (χ2v) is 7.59. The van der Waals surface area contributed by atoms with Crippen LogP contribution >= 0.6 is 0 Å². The predicted octanol–water partition coefficient (Wildman–Crippen LogP) is 1.45. The fourth-order valence-corrected chi connectivity index (χ4v) is 4.22. The fourth-order valence-electron chi connectivity index (χ4n) is 4.22. The van der Waals surface area contributed by atoms with Gasteiger partial charge in [-0.25, -0.2) is 0 Å². The first-order valence-corrected chi connectivity index (χ1v) is 9.15. The van der Waals surface area contributed by atoms with Crippen LogP contribution in [0.25, 0.3) is 0 Å². The number of aliphatic hydroxyl groups excluding tert-OH is 5. The molecule has 0 bridgehead atoms. The molecule has 0 aliphatic heterocycles.